The number of hydrogen-bond donors (Lipinski definition) is 2. The molecule has 4 rings (SSSR count). The van der Waals surface area contributed by atoms with Gasteiger partial charge >= 0.3 is 0 Å². The molecule has 3 nitrogen and oxygen atoms in total. The van der Waals surface area contributed by atoms with E-state index in [0.29, 0.717) is 52.1 Å². The van der Waals surface area contributed by atoms with Crippen LogP contribution in [0.2, 0.25) is 0 Å². The zero-order chi connectivity index (χ0) is 20.3. The molecule has 0 saturated heterocycles. The minimum absolute atomic E-state index is 0.159. The topological polar surface area (TPSA) is 57.5 Å². The summed E-state index contributed by atoms with van der Waals surface area (Å²) in [6.45, 7) is 9.08. The number of rotatable bonds is 4. The Labute approximate surface area is 171 Å². The van der Waals surface area contributed by atoms with Crippen LogP contribution in [-0.2, 0) is 4.79 Å². The van der Waals surface area contributed by atoms with E-state index in [1.807, 2.05) is 0 Å². The van der Waals surface area contributed by atoms with Gasteiger partial charge in [0.05, 0.1) is 12.2 Å². The van der Waals surface area contributed by atoms with Crippen molar-refractivity contribution >= 4 is 5.78 Å². The van der Waals surface area contributed by atoms with Gasteiger partial charge in [0.25, 0.3) is 0 Å². The summed E-state index contributed by atoms with van der Waals surface area (Å²) in [6, 6.07) is 0. The highest BCUT2D eigenvalue weighted by atomic mass is 16.3. The SMILES string of the molecule is CC(=O)CC[C@@H](C)[C@H]1CCC2C3C(CC[C@@]21C)[C@@]1(C)CC[C@@H](O)CC1C[C@@H]3O. The third-order valence-electron chi connectivity index (χ3n) is 10.4. The molecule has 10 atom stereocenters. The molecular formula is C25H42O3. The van der Waals surface area contributed by atoms with E-state index in [2.05, 4.69) is 20.8 Å². The minimum atomic E-state index is -0.190. The highest BCUT2D eigenvalue weighted by molar-refractivity contribution is 5.75. The van der Waals surface area contributed by atoms with Crippen LogP contribution in [0.25, 0.3) is 0 Å². The Morgan fingerprint density at radius 3 is 2.39 bits per heavy atom. The molecule has 4 unspecified atom stereocenters. The lowest BCUT2D eigenvalue weighted by molar-refractivity contribution is -0.174. The fourth-order valence-electron chi connectivity index (χ4n) is 8.81. The predicted octanol–water partition coefficient (Wildman–Crippen LogP) is 4.98. The van der Waals surface area contributed by atoms with E-state index in [1.54, 1.807) is 6.92 Å². The molecule has 160 valence electrons. The van der Waals surface area contributed by atoms with Crippen LogP contribution in [-0.4, -0.2) is 28.2 Å². The Morgan fingerprint density at radius 1 is 1.00 bits per heavy atom. The monoisotopic (exact) mass is 390 g/mol. The molecule has 3 heteroatoms. The second kappa shape index (κ2) is 7.38. The van der Waals surface area contributed by atoms with E-state index in [9.17, 15) is 15.0 Å². The summed E-state index contributed by atoms with van der Waals surface area (Å²) < 4.78 is 0. The Bertz CT molecular complexity index is 603. The molecule has 0 aromatic carbocycles. The summed E-state index contributed by atoms with van der Waals surface area (Å²) >= 11 is 0. The predicted molar refractivity (Wildman–Crippen MR) is 112 cm³/mol. The van der Waals surface area contributed by atoms with Crippen LogP contribution >= 0.6 is 0 Å². The van der Waals surface area contributed by atoms with Gasteiger partial charge in [-0.25, -0.2) is 0 Å². The largest absolute Gasteiger partial charge is 0.393 e. The van der Waals surface area contributed by atoms with Crippen molar-refractivity contribution in [2.45, 2.75) is 104 Å². The van der Waals surface area contributed by atoms with Crippen molar-refractivity contribution in [3.05, 3.63) is 0 Å². The normalized spacial score (nSPS) is 51.7. The van der Waals surface area contributed by atoms with Gasteiger partial charge < -0.3 is 15.0 Å². The summed E-state index contributed by atoms with van der Waals surface area (Å²) in [5.41, 5.74) is 0.637. The molecule has 0 aromatic heterocycles. The van der Waals surface area contributed by atoms with Crippen molar-refractivity contribution in [2.75, 3.05) is 0 Å². The van der Waals surface area contributed by atoms with Gasteiger partial charge in [-0.1, -0.05) is 20.8 Å². The van der Waals surface area contributed by atoms with Gasteiger partial charge in [-0.2, -0.15) is 0 Å². The molecule has 4 saturated carbocycles. The van der Waals surface area contributed by atoms with Crippen LogP contribution in [0.1, 0.15) is 91.9 Å². The number of aliphatic hydroxyl groups excluding tert-OH is 2. The standard InChI is InChI=1S/C25H42O3/c1-15(5-6-16(2)26)19-7-8-20-23-21(10-12-25(19,20)4)24(3)11-9-18(27)13-17(24)14-22(23)28/h15,17-23,27-28H,5-14H2,1-4H3/t15-,17?,18-,19-,20?,21?,22+,23?,24+,25-/m1/s1. The molecule has 0 bridgehead atoms. The van der Waals surface area contributed by atoms with Gasteiger partial charge in [0.1, 0.15) is 5.78 Å². The van der Waals surface area contributed by atoms with Gasteiger partial charge in [-0.15, -0.1) is 0 Å². The second-order valence-corrected chi connectivity index (χ2v) is 11.7. The third kappa shape index (κ3) is 3.20. The number of carbonyl (C=O) groups is 1. The molecule has 0 radical (unpaired) electrons. The minimum Gasteiger partial charge on any atom is -0.393 e. The summed E-state index contributed by atoms with van der Waals surface area (Å²) in [6.07, 6.45) is 10.3. The van der Waals surface area contributed by atoms with Gasteiger partial charge in [0, 0.05) is 6.42 Å². The van der Waals surface area contributed by atoms with Crippen LogP contribution in [0, 0.1) is 46.3 Å². The van der Waals surface area contributed by atoms with Crippen molar-refractivity contribution < 1.29 is 15.0 Å². The van der Waals surface area contributed by atoms with Crippen LogP contribution in [0.4, 0.5) is 0 Å². The van der Waals surface area contributed by atoms with Crippen LogP contribution in [0.15, 0.2) is 0 Å². The molecule has 28 heavy (non-hydrogen) atoms. The number of ketones is 1. The molecule has 4 aliphatic carbocycles. The molecule has 0 aliphatic heterocycles. The first-order valence-electron chi connectivity index (χ1n) is 12.0. The average molecular weight is 391 g/mol. The van der Waals surface area contributed by atoms with E-state index in [-0.39, 0.29) is 12.2 Å². The smallest absolute Gasteiger partial charge is 0.129 e. The first kappa shape index (κ1) is 20.8. The second-order valence-electron chi connectivity index (χ2n) is 11.7. The molecule has 0 heterocycles. The summed E-state index contributed by atoms with van der Waals surface area (Å²) in [5.74, 6) is 3.81. The maximum Gasteiger partial charge on any atom is 0.129 e. The van der Waals surface area contributed by atoms with Crippen molar-refractivity contribution in [2.24, 2.45) is 46.3 Å². The Morgan fingerprint density at radius 2 is 1.68 bits per heavy atom. The van der Waals surface area contributed by atoms with Gasteiger partial charge in [-0.3, -0.25) is 0 Å². The lowest BCUT2D eigenvalue weighted by atomic mass is 9.43. The van der Waals surface area contributed by atoms with E-state index >= 15 is 0 Å². The fourth-order valence-corrected chi connectivity index (χ4v) is 8.81. The number of Topliss-reactive ketones (excluding diaryl/α,β-unsaturated/α-hetero) is 1. The molecule has 4 aliphatic rings. The average Bonchev–Trinajstić information content (AvgIpc) is 2.98. The summed E-state index contributed by atoms with van der Waals surface area (Å²) in [7, 11) is 0. The highest BCUT2D eigenvalue weighted by Crippen LogP contribution is 2.68. The summed E-state index contributed by atoms with van der Waals surface area (Å²) in [5, 5.41) is 21.5. The molecular weight excluding hydrogens is 348 g/mol. The number of fused-ring (bicyclic) bond motifs is 5. The number of carbonyl (C=O) groups excluding carboxylic acids is 1. The van der Waals surface area contributed by atoms with E-state index in [4.69, 9.17) is 0 Å². The first-order chi connectivity index (χ1) is 13.2. The zero-order valence-electron chi connectivity index (χ0n) is 18.5. The van der Waals surface area contributed by atoms with Crippen LogP contribution < -0.4 is 0 Å². The number of hydrogen-bond acceptors (Lipinski definition) is 3. The van der Waals surface area contributed by atoms with E-state index in [0.717, 1.165) is 38.5 Å². The molecule has 0 amide bonds. The van der Waals surface area contributed by atoms with Crippen molar-refractivity contribution in [3.63, 3.8) is 0 Å². The first-order valence-corrected chi connectivity index (χ1v) is 12.0. The Hall–Kier alpha value is -0.410. The van der Waals surface area contributed by atoms with Crippen molar-refractivity contribution in [3.8, 4) is 0 Å². The van der Waals surface area contributed by atoms with Gasteiger partial charge in [0.2, 0.25) is 0 Å². The maximum atomic E-state index is 11.5. The van der Waals surface area contributed by atoms with Crippen LogP contribution in [0.5, 0.6) is 0 Å². The zero-order valence-corrected chi connectivity index (χ0v) is 18.5. The molecule has 2 N–H and O–H groups in total. The van der Waals surface area contributed by atoms with Gasteiger partial charge in [0.15, 0.2) is 0 Å². The van der Waals surface area contributed by atoms with E-state index in [1.165, 1.54) is 25.7 Å². The van der Waals surface area contributed by atoms with E-state index < -0.39 is 0 Å². The maximum absolute atomic E-state index is 11.5. The molecule has 0 spiro atoms. The lowest BCUT2D eigenvalue weighted by Gasteiger charge is -2.62. The Kier molecular flexibility index (Phi) is 5.49. The molecule has 0 aromatic rings. The Balaban J connectivity index is 1.55. The quantitative estimate of drug-likeness (QED) is 0.711. The summed E-state index contributed by atoms with van der Waals surface area (Å²) in [4.78, 5) is 11.5. The van der Waals surface area contributed by atoms with Crippen molar-refractivity contribution in [1.82, 2.24) is 0 Å². The molecule has 4 fully saturated rings. The lowest BCUT2D eigenvalue weighted by Crippen LogP contribution is -2.58. The van der Waals surface area contributed by atoms with Crippen molar-refractivity contribution in [1.29, 1.82) is 0 Å². The fraction of sp³-hybridized carbons (Fsp3) is 0.960. The third-order valence-corrected chi connectivity index (χ3v) is 10.4. The number of aliphatic hydroxyl groups is 2. The van der Waals surface area contributed by atoms with Gasteiger partial charge in [-0.05, 0) is 111 Å². The van der Waals surface area contributed by atoms with Crippen LogP contribution in [0.3, 0.4) is 0 Å². The highest BCUT2D eigenvalue weighted by Gasteiger charge is 2.62.